The molecule has 2 saturated heterocycles. The molecule has 2 N–H and O–H groups in total. The molecular weight excluding hydrogens is 308 g/mol. The third-order valence-electron chi connectivity index (χ3n) is 4.83. The molecule has 2 aliphatic heterocycles. The van der Waals surface area contributed by atoms with Gasteiger partial charge < -0.3 is 19.7 Å². The van der Waals surface area contributed by atoms with Crippen LogP contribution in [-0.4, -0.2) is 64.4 Å². The van der Waals surface area contributed by atoms with Gasteiger partial charge in [-0.15, -0.1) is 0 Å². The zero-order chi connectivity index (χ0) is 16.5. The summed E-state index contributed by atoms with van der Waals surface area (Å²) in [5, 5.41) is 12.6. The molecule has 2 aromatic rings. The number of carbonyl (C=O) groups is 1. The van der Waals surface area contributed by atoms with Gasteiger partial charge in [0.25, 0.3) is 0 Å². The Bertz CT molecular complexity index is 748. The number of benzene rings is 1. The second-order valence-corrected chi connectivity index (χ2v) is 6.45. The van der Waals surface area contributed by atoms with E-state index >= 15 is 0 Å². The van der Waals surface area contributed by atoms with Gasteiger partial charge in [-0.2, -0.15) is 0 Å². The normalized spacial score (nSPS) is 21.8. The van der Waals surface area contributed by atoms with Gasteiger partial charge >= 0.3 is 5.97 Å². The van der Waals surface area contributed by atoms with Crippen molar-refractivity contribution in [3.05, 3.63) is 29.6 Å². The van der Waals surface area contributed by atoms with Gasteiger partial charge in [0.15, 0.2) is 0 Å². The summed E-state index contributed by atoms with van der Waals surface area (Å²) in [6.45, 7) is 6.33. The van der Waals surface area contributed by atoms with Crippen LogP contribution in [-0.2, 0) is 17.8 Å². The predicted molar refractivity (Wildman–Crippen MR) is 89.2 cm³/mol. The highest BCUT2D eigenvalue weighted by Crippen LogP contribution is 2.23. The number of fused-ring (bicyclic) bond motifs is 1. The SMILES string of the molecule is O=C(O)c1ccc2nc(CN3CCNCC3)n(C[C@@H]3CCO3)c2c1. The van der Waals surface area contributed by atoms with Gasteiger partial charge in [0.05, 0.1) is 35.8 Å². The summed E-state index contributed by atoms with van der Waals surface area (Å²) in [6, 6.07) is 5.15. The summed E-state index contributed by atoms with van der Waals surface area (Å²) in [5.41, 5.74) is 2.03. The first kappa shape index (κ1) is 15.6. The Hall–Kier alpha value is -1.96. The first-order chi connectivity index (χ1) is 11.7. The third-order valence-corrected chi connectivity index (χ3v) is 4.83. The number of carboxylic acid groups (broad SMARTS) is 1. The molecule has 1 atom stereocenters. The maximum Gasteiger partial charge on any atom is 0.335 e. The first-order valence-electron chi connectivity index (χ1n) is 8.48. The van der Waals surface area contributed by atoms with Crippen LogP contribution >= 0.6 is 0 Å². The van der Waals surface area contributed by atoms with Crippen LogP contribution in [0, 0.1) is 0 Å². The zero-order valence-electron chi connectivity index (χ0n) is 13.6. The standard InChI is InChI=1S/C17H22N4O3/c22-17(23)12-1-2-14-15(9-12)21(10-13-3-8-24-13)16(19-14)11-20-6-4-18-5-7-20/h1-2,9,13,18H,3-8,10-11H2,(H,22,23)/t13-/m0/s1. The highest BCUT2D eigenvalue weighted by Gasteiger charge is 2.23. The van der Waals surface area contributed by atoms with E-state index in [2.05, 4.69) is 14.8 Å². The maximum absolute atomic E-state index is 11.3. The summed E-state index contributed by atoms with van der Waals surface area (Å²) < 4.78 is 7.73. The molecule has 3 heterocycles. The molecule has 0 saturated carbocycles. The number of hydrogen-bond donors (Lipinski definition) is 2. The smallest absolute Gasteiger partial charge is 0.335 e. The number of hydrogen-bond acceptors (Lipinski definition) is 5. The lowest BCUT2D eigenvalue weighted by Crippen LogP contribution is -2.43. The third kappa shape index (κ3) is 3.02. The van der Waals surface area contributed by atoms with E-state index in [0.29, 0.717) is 5.56 Å². The number of rotatable bonds is 5. The van der Waals surface area contributed by atoms with E-state index in [1.165, 1.54) is 0 Å². The van der Waals surface area contributed by atoms with Gasteiger partial charge in [0, 0.05) is 32.8 Å². The molecule has 0 unspecified atom stereocenters. The van der Waals surface area contributed by atoms with Crippen molar-refractivity contribution < 1.29 is 14.6 Å². The van der Waals surface area contributed by atoms with Gasteiger partial charge in [-0.05, 0) is 24.6 Å². The Morgan fingerprint density at radius 2 is 2.17 bits per heavy atom. The molecule has 4 rings (SSSR count). The average molecular weight is 330 g/mol. The second kappa shape index (κ2) is 6.51. The Morgan fingerprint density at radius 1 is 1.38 bits per heavy atom. The number of ether oxygens (including phenoxy) is 1. The molecule has 2 aliphatic rings. The van der Waals surface area contributed by atoms with Gasteiger partial charge in [-0.3, -0.25) is 4.90 Å². The van der Waals surface area contributed by atoms with E-state index in [0.717, 1.165) is 69.2 Å². The zero-order valence-corrected chi connectivity index (χ0v) is 13.6. The van der Waals surface area contributed by atoms with Crippen molar-refractivity contribution in [2.45, 2.75) is 25.6 Å². The van der Waals surface area contributed by atoms with Gasteiger partial charge in [-0.1, -0.05) is 0 Å². The van der Waals surface area contributed by atoms with Crippen molar-refractivity contribution >= 4 is 17.0 Å². The minimum atomic E-state index is -0.909. The van der Waals surface area contributed by atoms with Crippen LogP contribution in [0.1, 0.15) is 22.6 Å². The Labute approximate surface area is 140 Å². The molecule has 128 valence electrons. The largest absolute Gasteiger partial charge is 0.478 e. The van der Waals surface area contributed by atoms with Crippen LogP contribution in [0.4, 0.5) is 0 Å². The van der Waals surface area contributed by atoms with E-state index in [9.17, 15) is 9.90 Å². The molecule has 0 radical (unpaired) electrons. The van der Waals surface area contributed by atoms with E-state index in [1.54, 1.807) is 18.2 Å². The summed E-state index contributed by atoms with van der Waals surface area (Å²) in [6.07, 6.45) is 1.25. The molecule has 0 aliphatic carbocycles. The molecule has 0 spiro atoms. The molecular formula is C17H22N4O3. The van der Waals surface area contributed by atoms with Crippen molar-refractivity contribution in [2.24, 2.45) is 0 Å². The quantitative estimate of drug-likeness (QED) is 0.849. The number of nitrogens with zero attached hydrogens (tertiary/aromatic N) is 3. The van der Waals surface area contributed by atoms with Crippen molar-refractivity contribution in [2.75, 3.05) is 32.8 Å². The minimum Gasteiger partial charge on any atom is -0.478 e. The second-order valence-electron chi connectivity index (χ2n) is 6.45. The molecule has 2 fully saturated rings. The van der Waals surface area contributed by atoms with Crippen molar-refractivity contribution in [3.63, 3.8) is 0 Å². The van der Waals surface area contributed by atoms with Crippen LogP contribution in [0.3, 0.4) is 0 Å². The molecule has 7 nitrogen and oxygen atoms in total. The fourth-order valence-corrected chi connectivity index (χ4v) is 3.33. The highest BCUT2D eigenvalue weighted by molar-refractivity contribution is 5.92. The van der Waals surface area contributed by atoms with E-state index in [4.69, 9.17) is 9.72 Å². The molecule has 0 amide bonds. The summed E-state index contributed by atoms with van der Waals surface area (Å²) in [4.78, 5) is 18.5. The predicted octanol–water partition coefficient (Wildman–Crippen LogP) is 0.929. The number of nitrogens with one attached hydrogen (secondary N) is 1. The topological polar surface area (TPSA) is 79.6 Å². The summed E-state index contributed by atoms with van der Waals surface area (Å²) in [5.74, 6) is 0.0816. The average Bonchev–Trinajstić information content (AvgIpc) is 2.88. The van der Waals surface area contributed by atoms with E-state index < -0.39 is 5.97 Å². The van der Waals surface area contributed by atoms with Crippen molar-refractivity contribution in [1.82, 2.24) is 19.8 Å². The molecule has 1 aromatic heterocycles. The van der Waals surface area contributed by atoms with E-state index in [1.807, 2.05) is 0 Å². The Kier molecular flexibility index (Phi) is 4.22. The Balaban J connectivity index is 1.69. The molecule has 1 aromatic carbocycles. The van der Waals surface area contributed by atoms with Crippen LogP contribution in [0.2, 0.25) is 0 Å². The number of aromatic carboxylic acids is 1. The lowest BCUT2D eigenvalue weighted by atomic mass is 10.1. The van der Waals surface area contributed by atoms with E-state index in [-0.39, 0.29) is 6.10 Å². The molecule has 24 heavy (non-hydrogen) atoms. The minimum absolute atomic E-state index is 0.206. The number of piperazine rings is 1. The van der Waals surface area contributed by atoms with Crippen LogP contribution in [0.5, 0.6) is 0 Å². The van der Waals surface area contributed by atoms with Gasteiger partial charge in [0.2, 0.25) is 0 Å². The van der Waals surface area contributed by atoms with Crippen LogP contribution in [0.25, 0.3) is 11.0 Å². The maximum atomic E-state index is 11.3. The van der Waals surface area contributed by atoms with Gasteiger partial charge in [-0.25, -0.2) is 9.78 Å². The van der Waals surface area contributed by atoms with Crippen molar-refractivity contribution in [3.8, 4) is 0 Å². The van der Waals surface area contributed by atoms with Crippen LogP contribution < -0.4 is 5.32 Å². The van der Waals surface area contributed by atoms with Crippen molar-refractivity contribution in [1.29, 1.82) is 0 Å². The first-order valence-corrected chi connectivity index (χ1v) is 8.48. The monoisotopic (exact) mass is 330 g/mol. The fourth-order valence-electron chi connectivity index (χ4n) is 3.33. The fraction of sp³-hybridized carbons (Fsp3) is 0.529. The summed E-state index contributed by atoms with van der Waals surface area (Å²) >= 11 is 0. The lowest BCUT2D eigenvalue weighted by molar-refractivity contribution is -0.0592. The Morgan fingerprint density at radius 3 is 2.83 bits per heavy atom. The molecule has 7 heteroatoms. The number of imidazole rings is 1. The lowest BCUT2D eigenvalue weighted by Gasteiger charge is -2.29. The van der Waals surface area contributed by atoms with Gasteiger partial charge in [0.1, 0.15) is 5.82 Å². The molecule has 0 bridgehead atoms. The summed E-state index contributed by atoms with van der Waals surface area (Å²) in [7, 11) is 0. The highest BCUT2D eigenvalue weighted by atomic mass is 16.5. The number of aromatic nitrogens is 2. The number of carboxylic acids is 1. The van der Waals surface area contributed by atoms with Crippen LogP contribution in [0.15, 0.2) is 18.2 Å².